The van der Waals surface area contributed by atoms with Gasteiger partial charge in [0.05, 0.1) is 0 Å². The quantitative estimate of drug-likeness (QED) is 0.206. The van der Waals surface area contributed by atoms with Gasteiger partial charge in [-0.2, -0.15) is 0 Å². The van der Waals surface area contributed by atoms with Gasteiger partial charge in [0.2, 0.25) is 0 Å². The second kappa shape index (κ2) is 19.3. The zero-order valence-electron chi connectivity index (χ0n) is 17.9. The molecule has 0 aliphatic heterocycles. The minimum Gasteiger partial charge on any atom is -0.0654 e. The molecule has 0 aromatic heterocycles. The highest BCUT2D eigenvalue weighted by Gasteiger charge is 2.05. The van der Waals surface area contributed by atoms with Gasteiger partial charge in [-0.3, -0.25) is 0 Å². The molecule has 2 unspecified atom stereocenters. The van der Waals surface area contributed by atoms with Crippen molar-refractivity contribution in [3.63, 3.8) is 0 Å². The summed E-state index contributed by atoms with van der Waals surface area (Å²) >= 11 is 0. The number of hydrogen-bond donors (Lipinski definition) is 0. The van der Waals surface area contributed by atoms with Crippen LogP contribution in [0.4, 0.5) is 0 Å². The second-order valence-corrected chi connectivity index (χ2v) is 8.61. The minimum absolute atomic E-state index is 0.958. The predicted molar refractivity (Wildman–Crippen MR) is 113 cm³/mol. The second-order valence-electron chi connectivity index (χ2n) is 8.61. The summed E-state index contributed by atoms with van der Waals surface area (Å²) in [5.41, 5.74) is 0. The van der Waals surface area contributed by atoms with Gasteiger partial charge in [0.1, 0.15) is 0 Å². The van der Waals surface area contributed by atoms with E-state index in [-0.39, 0.29) is 0 Å². The SMILES string of the molecule is CCCCCCCCCCCCCC(C)CCCC(C)CCCC. The van der Waals surface area contributed by atoms with Crippen molar-refractivity contribution in [1.29, 1.82) is 0 Å². The lowest BCUT2D eigenvalue weighted by molar-refractivity contribution is 0.394. The van der Waals surface area contributed by atoms with Crippen LogP contribution in [-0.4, -0.2) is 0 Å². The van der Waals surface area contributed by atoms with Crippen LogP contribution in [0.2, 0.25) is 0 Å². The molecule has 0 amide bonds. The van der Waals surface area contributed by atoms with Crippen molar-refractivity contribution in [2.75, 3.05) is 0 Å². The molecule has 0 fully saturated rings. The topological polar surface area (TPSA) is 0 Å². The van der Waals surface area contributed by atoms with Gasteiger partial charge in [-0.05, 0) is 11.8 Å². The lowest BCUT2D eigenvalue weighted by Gasteiger charge is -2.14. The summed E-state index contributed by atoms with van der Waals surface area (Å²) in [5, 5.41) is 0. The normalized spacial score (nSPS) is 14.0. The van der Waals surface area contributed by atoms with E-state index in [0.717, 1.165) is 11.8 Å². The molecule has 0 bridgehead atoms. The Kier molecular flexibility index (Phi) is 19.3. The van der Waals surface area contributed by atoms with E-state index in [1.54, 1.807) is 0 Å². The summed E-state index contributed by atoms with van der Waals surface area (Å²) in [7, 11) is 0. The summed E-state index contributed by atoms with van der Waals surface area (Å²) < 4.78 is 0. The lowest BCUT2D eigenvalue weighted by Crippen LogP contribution is -1.99. The van der Waals surface area contributed by atoms with Crippen LogP contribution in [0.5, 0.6) is 0 Å². The summed E-state index contributed by atoms with van der Waals surface area (Å²) in [6, 6.07) is 0. The van der Waals surface area contributed by atoms with Crippen LogP contribution in [0.15, 0.2) is 0 Å². The molecule has 0 heteroatoms. The molecule has 0 spiro atoms. The highest BCUT2D eigenvalue weighted by Crippen LogP contribution is 2.21. The summed E-state index contributed by atoms with van der Waals surface area (Å²) in [6.45, 7) is 9.54. The molecule has 0 saturated carbocycles. The smallest absolute Gasteiger partial charge is 0.0443 e. The molecule has 0 saturated heterocycles. The molecule has 0 radical (unpaired) electrons. The van der Waals surface area contributed by atoms with Crippen LogP contribution in [-0.2, 0) is 0 Å². The fourth-order valence-electron chi connectivity index (χ4n) is 3.81. The molecule has 0 N–H and O–H groups in total. The van der Waals surface area contributed by atoms with Crippen LogP contribution >= 0.6 is 0 Å². The van der Waals surface area contributed by atoms with Crippen LogP contribution in [0.3, 0.4) is 0 Å². The first kappa shape index (κ1) is 24.0. The lowest BCUT2D eigenvalue weighted by atomic mass is 9.92. The van der Waals surface area contributed by atoms with E-state index in [4.69, 9.17) is 0 Å². The molecule has 0 aliphatic rings. The molecule has 146 valence electrons. The van der Waals surface area contributed by atoms with Gasteiger partial charge in [-0.1, -0.05) is 143 Å². The monoisotopic (exact) mass is 338 g/mol. The first-order chi connectivity index (χ1) is 11.7. The first-order valence-electron chi connectivity index (χ1n) is 11.7. The van der Waals surface area contributed by atoms with E-state index in [9.17, 15) is 0 Å². The maximum absolute atomic E-state index is 2.48. The molecule has 2 atom stereocenters. The zero-order chi connectivity index (χ0) is 17.9. The summed E-state index contributed by atoms with van der Waals surface area (Å²) in [6.07, 6.45) is 26.2. The number of unbranched alkanes of at least 4 members (excludes halogenated alkanes) is 11. The fraction of sp³-hybridized carbons (Fsp3) is 1.00. The van der Waals surface area contributed by atoms with Crippen molar-refractivity contribution in [1.82, 2.24) is 0 Å². The molecular formula is C24H50. The van der Waals surface area contributed by atoms with Crippen LogP contribution in [0, 0.1) is 11.8 Å². The summed E-state index contributed by atoms with van der Waals surface area (Å²) in [4.78, 5) is 0. The van der Waals surface area contributed by atoms with Gasteiger partial charge in [0.15, 0.2) is 0 Å². The third-order valence-electron chi connectivity index (χ3n) is 5.74. The molecule has 0 aliphatic carbocycles. The van der Waals surface area contributed by atoms with Crippen molar-refractivity contribution in [3.05, 3.63) is 0 Å². The average Bonchev–Trinajstić information content (AvgIpc) is 2.57. The molecule has 0 aromatic carbocycles. The molecule has 0 aromatic rings. The van der Waals surface area contributed by atoms with Crippen molar-refractivity contribution in [2.45, 2.75) is 143 Å². The van der Waals surface area contributed by atoms with E-state index >= 15 is 0 Å². The fourth-order valence-corrected chi connectivity index (χ4v) is 3.81. The van der Waals surface area contributed by atoms with Gasteiger partial charge >= 0.3 is 0 Å². The molecule has 24 heavy (non-hydrogen) atoms. The molecular weight excluding hydrogens is 288 g/mol. The molecule has 0 rings (SSSR count). The van der Waals surface area contributed by atoms with Gasteiger partial charge in [-0.25, -0.2) is 0 Å². The van der Waals surface area contributed by atoms with Gasteiger partial charge < -0.3 is 0 Å². The van der Waals surface area contributed by atoms with E-state index < -0.39 is 0 Å². The third kappa shape index (κ3) is 18.3. The van der Waals surface area contributed by atoms with E-state index in [1.165, 1.54) is 116 Å². The van der Waals surface area contributed by atoms with E-state index in [0.29, 0.717) is 0 Å². The third-order valence-corrected chi connectivity index (χ3v) is 5.74. The maximum atomic E-state index is 2.48. The maximum Gasteiger partial charge on any atom is -0.0443 e. The Morgan fingerprint density at radius 3 is 1.17 bits per heavy atom. The average molecular weight is 339 g/mol. The molecule has 0 nitrogen and oxygen atoms in total. The predicted octanol–water partition coefficient (Wildman–Crippen LogP) is 9.32. The zero-order valence-corrected chi connectivity index (χ0v) is 17.9. The minimum atomic E-state index is 0.958. The van der Waals surface area contributed by atoms with Crippen LogP contribution in [0.25, 0.3) is 0 Å². The Bertz CT molecular complexity index is 220. The largest absolute Gasteiger partial charge is 0.0654 e. The Hall–Kier alpha value is 0. The molecule has 0 heterocycles. The van der Waals surface area contributed by atoms with Crippen LogP contribution in [0.1, 0.15) is 143 Å². The van der Waals surface area contributed by atoms with Crippen molar-refractivity contribution in [2.24, 2.45) is 11.8 Å². The van der Waals surface area contributed by atoms with E-state index in [1.807, 2.05) is 0 Å². The van der Waals surface area contributed by atoms with E-state index in [2.05, 4.69) is 27.7 Å². The summed E-state index contributed by atoms with van der Waals surface area (Å²) in [5.74, 6) is 1.92. The Morgan fingerprint density at radius 2 is 0.708 bits per heavy atom. The van der Waals surface area contributed by atoms with Gasteiger partial charge in [0.25, 0.3) is 0 Å². The van der Waals surface area contributed by atoms with Crippen molar-refractivity contribution >= 4 is 0 Å². The van der Waals surface area contributed by atoms with Crippen molar-refractivity contribution in [3.8, 4) is 0 Å². The number of hydrogen-bond acceptors (Lipinski definition) is 0. The highest BCUT2D eigenvalue weighted by atomic mass is 14.1. The van der Waals surface area contributed by atoms with Crippen molar-refractivity contribution < 1.29 is 0 Å². The standard InChI is InChI=1S/C24H50/c1-5-7-9-10-11-12-13-14-15-16-17-20-24(4)22-18-21-23(3)19-8-6-2/h23-24H,5-22H2,1-4H3. The Morgan fingerprint density at radius 1 is 0.375 bits per heavy atom. The van der Waals surface area contributed by atoms with Crippen LogP contribution < -0.4 is 0 Å². The Balaban J connectivity index is 3.21. The first-order valence-corrected chi connectivity index (χ1v) is 11.7. The van der Waals surface area contributed by atoms with Gasteiger partial charge in [-0.15, -0.1) is 0 Å². The Labute approximate surface area is 155 Å². The number of rotatable bonds is 19. The van der Waals surface area contributed by atoms with Gasteiger partial charge in [0, 0.05) is 0 Å². The highest BCUT2D eigenvalue weighted by molar-refractivity contribution is 4.59.